The molecule has 0 aromatic heterocycles. The number of ether oxygens (including phenoxy) is 1. The molecule has 1 aliphatic rings. The minimum absolute atomic E-state index is 0.610. The SMILES string of the molecule is CCN(CC1CCCN1)c1cccc(Oc2ccccc2)c1. The molecule has 0 spiro atoms. The van der Waals surface area contributed by atoms with Gasteiger partial charge in [-0.25, -0.2) is 0 Å². The van der Waals surface area contributed by atoms with Gasteiger partial charge in [-0.15, -0.1) is 0 Å². The van der Waals surface area contributed by atoms with E-state index in [9.17, 15) is 0 Å². The Morgan fingerprint density at radius 3 is 2.64 bits per heavy atom. The fourth-order valence-corrected chi connectivity index (χ4v) is 2.96. The molecule has 1 atom stereocenters. The lowest BCUT2D eigenvalue weighted by Gasteiger charge is -2.27. The standard InChI is InChI=1S/C19H24N2O/c1-2-21(15-16-8-7-13-20-16)17-9-6-12-19(14-17)22-18-10-4-3-5-11-18/h3-6,9-12,14,16,20H,2,7-8,13,15H2,1H3. The van der Waals surface area contributed by atoms with Crippen LogP contribution >= 0.6 is 0 Å². The molecule has 1 heterocycles. The molecule has 3 nitrogen and oxygen atoms in total. The summed E-state index contributed by atoms with van der Waals surface area (Å²) in [5.74, 6) is 1.77. The molecule has 0 aliphatic carbocycles. The quantitative estimate of drug-likeness (QED) is 0.870. The number of para-hydroxylation sites is 1. The van der Waals surface area contributed by atoms with Crippen LogP contribution in [0.2, 0.25) is 0 Å². The van der Waals surface area contributed by atoms with E-state index in [1.54, 1.807) is 0 Å². The summed E-state index contributed by atoms with van der Waals surface area (Å²) in [6.45, 7) is 5.43. The number of likely N-dealkylation sites (N-methyl/N-ethyl adjacent to an activating group) is 1. The smallest absolute Gasteiger partial charge is 0.129 e. The van der Waals surface area contributed by atoms with Gasteiger partial charge in [0, 0.05) is 30.9 Å². The minimum Gasteiger partial charge on any atom is -0.457 e. The molecule has 1 fully saturated rings. The van der Waals surface area contributed by atoms with Gasteiger partial charge in [0.1, 0.15) is 11.5 Å². The Morgan fingerprint density at radius 1 is 1.09 bits per heavy atom. The Kier molecular flexibility index (Phi) is 4.96. The molecule has 22 heavy (non-hydrogen) atoms. The molecule has 2 aromatic carbocycles. The number of hydrogen-bond acceptors (Lipinski definition) is 3. The Balaban J connectivity index is 1.71. The van der Waals surface area contributed by atoms with Crippen molar-refractivity contribution in [2.24, 2.45) is 0 Å². The van der Waals surface area contributed by atoms with E-state index < -0.39 is 0 Å². The maximum absolute atomic E-state index is 5.94. The van der Waals surface area contributed by atoms with Crippen molar-refractivity contribution < 1.29 is 4.74 Å². The molecule has 1 saturated heterocycles. The van der Waals surface area contributed by atoms with Crippen LogP contribution < -0.4 is 15.0 Å². The van der Waals surface area contributed by atoms with Gasteiger partial charge in [-0.1, -0.05) is 24.3 Å². The van der Waals surface area contributed by atoms with Crippen LogP contribution in [0.5, 0.6) is 11.5 Å². The van der Waals surface area contributed by atoms with Gasteiger partial charge in [-0.2, -0.15) is 0 Å². The third-order valence-electron chi connectivity index (χ3n) is 4.15. The number of rotatable bonds is 6. The van der Waals surface area contributed by atoms with E-state index in [0.29, 0.717) is 6.04 Å². The maximum Gasteiger partial charge on any atom is 0.129 e. The van der Waals surface area contributed by atoms with Crippen LogP contribution in [0.15, 0.2) is 54.6 Å². The Labute approximate surface area is 132 Å². The molecule has 1 unspecified atom stereocenters. The molecule has 3 rings (SSSR count). The van der Waals surface area contributed by atoms with Crippen LogP contribution in [0.1, 0.15) is 19.8 Å². The molecular formula is C19H24N2O. The van der Waals surface area contributed by atoms with Crippen LogP contribution in [0, 0.1) is 0 Å². The van der Waals surface area contributed by atoms with Crippen molar-refractivity contribution in [3.63, 3.8) is 0 Å². The van der Waals surface area contributed by atoms with Gasteiger partial charge in [-0.3, -0.25) is 0 Å². The van der Waals surface area contributed by atoms with E-state index in [4.69, 9.17) is 4.74 Å². The first-order chi connectivity index (χ1) is 10.8. The highest BCUT2D eigenvalue weighted by Gasteiger charge is 2.17. The van der Waals surface area contributed by atoms with Crippen molar-refractivity contribution >= 4 is 5.69 Å². The number of nitrogens with one attached hydrogen (secondary N) is 1. The second-order valence-electron chi connectivity index (χ2n) is 5.74. The van der Waals surface area contributed by atoms with Gasteiger partial charge in [-0.05, 0) is 50.6 Å². The highest BCUT2D eigenvalue weighted by molar-refractivity contribution is 5.51. The predicted molar refractivity (Wildman–Crippen MR) is 91.9 cm³/mol. The summed E-state index contributed by atoms with van der Waals surface area (Å²) in [7, 11) is 0. The van der Waals surface area contributed by atoms with Gasteiger partial charge in [0.2, 0.25) is 0 Å². The third-order valence-corrected chi connectivity index (χ3v) is 4.15. The van der Waals surface area contributed by atoms with E-state index in [0.717, 1.165) is 31.1 Å². The molecular weight excluding hydrogens is 272 g/mol. The predicted octanol–water partition coefficient (Wildman–Crippen LogP) is 4.06. The van der Waals surface area contributed by atoms with E-state index in [2.05, 4.69) is 35.3 Å². The van der Waals surface area contributed by atoms with Crippen LogP contribution in [-0.2, 0) is 0 Å². The lowest BCUT2D eigenvalue weighted by atomic mass is 10.2. The van der Waals surface area contributed by atoms with Crippen LogP contribution in [0.3, 0.4) is 0 Å². The normalized spacial score (nSPS) is 17.4. The van der Waals surface area contributed by atoms with Gasteiger partial charge in [0.25, 0.3) is 0 Å². The van der Waals surface area contributed by atoms with E-state index in [1.165, 1.54) is 18.5 Å². The fourth-order valence-electron chi connectivity index (χ4n) is 2.96. The molecule has 0 radical (unpaired) electrons. The van der Waals surface area contributed by atoms with Crippen molar-refractivity contribution in [3.8, 4) is 11.5 Å². The molecule has 2 aromatic rings. The maximum atomic E-state index is 5.94. The summed E-state index contributed by atoms with van der Waals surface area (Å²) >= 11 is 0. The van der Waals surface area contributed by atoms with Crippen LogP contribution in [0.4, 0.5) is 5.69 Å². The number of benzene rings is 2. The van der Waals surface area contributed by atoms with Gasteiger partial charge in [0.05, 0.1) is 0 Å². The summed E-state index contributed by atoms with van der Waals surface area (Å²) in [6, 6.07) is 18.9. The summed E-state index contributed by atoms with van der Waals surface area (Å²) in [5, 5.41) is 3.57. The lowest BCUT2D eigenvalue weighted by Crippen LogP contribution is -2.37. The summed E-state index contributed by atoms with van der Waals surface area (Å²) in [5.41, 5.74) is 1.23. The van der Waals surface area contributed by atoms with Crippen molar-refractivity contribution in [1.29, 1.82) is 0 Å². The molecule has 0 amide bonds. The zero-order chi connectivity index (χ0) is 15.2. The van der Waals surface area contributed by atoms with Crippen molar-refractivity contribution in [1.82, 2.24) is 5.32 Å². The van der Waals surface area contributed by atoms with Crippen molar-refractivity contribution in [2.45, 2.75) is 25.8 Å². The minimum atomic E-state index is 0.610. The zero-order valence-electron chi connectivity index (χ0n) is 13.2. The third kappa shape index (κ3) is 3.80. The van der Waals surface area contributed by atoms with E-state index in [-0.39, 0.29) is 0 Å². The molecule has 3 heteroatoms. The number of anilines is 1. The average molecular weight is 296 g/mol. The van der Waals surface area contributed by atoms with E-state index >= 15 is 0 Å². The first-order valence-electron chi connectivity index (χ1n) is 8.16. The van der Waals surface area contributed by atoms with Crippen LogP contribution in [0.25, 0.3) is 0 Å². The fraction of sp³-hybridized carbons (Fsp3) is 0.368. The van der Waals surface area contributed by atoms with Crippen molar-refractivity contribution in [2.75, 3.05) is 24.5 Å². The van der Waals surface area contributed by atoms with Gasteiger partial charge < -0.3 is 15.0 Å². The van der Waals surface area contributed by atoms with Crippen molar-refractivity contribution in [3.05, 3.63) is 54.6 Å². The first-order valence-corrected chi connectivity index (χ1v) is 8.16. The first kappa shape index (κ1) is 14.9. The Morgan fingerprint density at radius 2 is 1.91 bits per heavy atom. The second-order valence-corrected chi connectivity index (χ2v) is 5.74. The number of hydrogen-bond donors (Lipinski definition) is 1. The Hall–Kier alpha value is -2.00. The topological polar surface area (TPSA) is 24.5 Å². The summed E-state index contributed by atoms with van der Waals surface area (Å²) < 4.78 is 5.94. The lowest BCUT2D eigenvalue weighted by molar-refractivity contribution is 0.482. The Bertz CT molecular complexity index is 579. The average Bonchev–Trinajstić information content (AvgIpc) is 3.07. The zero-order valence-corrected chi connectivity index (χ0v) is 13.2. The molecule has 0 saturated carbocycles. The second kappa shape index (κ2) is 7.32. The largest absolute Gasteiger partial charge is 0.457 e. The molecule has 0 bridgehead atoms. The number of nitrogens with zero attached hydrogens (tertiary/aromatic N) is 1. The van der Waals surface area contributed by atoms with Gasteiger partial charge in [0.15, 0.2) is 0 Å². The summed E-state index contributed by atoms with van der Waals surface area (Å²) in [6.07, 6.45) is 2.57. The highest BCUT2D eigenvalue weighted by Crippen LogP contribution is 2.26. The highest BCUT2D eigenvalue weighted by atomic mass is 16.5. The van der Waals surface area contributed by atoms with E-state index in [1.807, 2.05) is 36.4 Å². The summed E-state index contributed by atoms with van der Waals surface area (Å²) in [4.78, 5) is 2.42. The van der Waals surface area contributed by atoms with Gasteiger partial charge >= 0.3 is 0 Å². The molecule has 1 N–H and O–H groups in total. The molecule has 1 aliphatic heterocycles. The molecule has 116 valence electrons. The monoisotopic (exact) mass is 296 g/mol. The van der Waals surface area contributed by atoms with Crippen LogP contribution in [-0.4, -0.2) is 25.7 Å².